The highest BCUT2D eigenvalue weighted by Crippen LogP contribution is 2.15. The molecule has 0 spiro atoms. The Hall–Kier alpha value is -1.69. The molecule has 0 fully saturated rings. The smallest absolute Gasteiger partial charge is 0.105 e. The van der Waals surface area contributed by atoms with Gasteiger partial charge in [0.2, 0.25) is 0 Å². The molecule has 0 bridgehead atoms. The molecule has 0 aromatic carbocycles. The van der Waals surface area contributed by atoms with Gasteiger partial charge in [-0.05, 0) is 13.8 Å². The van der Waals surface area contributed by atoms with E-state index in [-0.39, 0.29) is 6.04 Å². The quantitative estimate of drug-likeness (QED) is 0.768. The van der Waals surface area contributed by atoms with Crippen molar-refractivity contribution in [2.75, 3.05) is 0 Å². The SMILES string of the molecule is Cc1c(C(C)N)nnn1-c1cnn(C)c1. The molecule has 1 unspecified atom stereocenters. The average Bonchev–Trinajstić information content (AvgIpc) is 2.71. The highest BCUT2D eigenvalue weighted by atomic mass is 15.4. The molecule has 0 aliphatic carbocycles. The van der Waals surface area contributed by atoms with Gasteiger partial charge in [0, 0.05) is 13.1 Å². The molecule has 0 aliphatic heterocycles. The van der Waals surface area contributed by atoms with Crippen LogP contribution >= 0.6 is 0 Å². The highest BCUT2D eigenvalue weighted by Gasteiger charge is 2.13. The molecule has 15 heavy (non-hydrogen) atoms. The Kier molecular flexibility index (Phi) is 2.28. The Morgan fingerprint density at radius 3 is 2.67 bits per heavy atom. The van der Waals surface area contributed by atoms with Gasteiger partial charge < -0.3 is 5.73 Å². The maximum absolute atomic E-state index is 5.77. The summed E-state index contributed by atoms with van der Waals surface area (Å²) in [6, 6.07) is -0.101. The van der Waals surface area contributed by atoms with Crippen LogP contribution in [0.1, 0.15) is 24.4 Å². The van der Waals surface area contributed by atoms with Crippen LogP contribution in [0.5, 0.6) is 0 Å². The van der Waals surface area contributed by atoms with Gasteiger partial charge in [-0.15, -0.1) is 5.10 Å². The van der Waals surface area contributed by atoms with Gasteiger partial charge in [-0.2, -0.15) is 5.10 Å². The molecule has 0 aliphatic rings. The molecule has 80 valence electrons. The van der Waals surface area contributed by atoms with E-state index in [1.807, 2.05) is 27.1 Å². The molecule has 2 heterocycles. The minimum Gasteiger partial charge on any atom is -0.323 e. The first kappa shape index (κ1) is 9.85. The van der Waals surface area contributed by atoms with E-state index in [1.54, 1.807) is 15.6 Å². The lowest BCUT2D eigenvalue weighted by molar-refractivity contribution is 0.753. The van der Waals surface area contributed by atoms with E-state index >= 15 is 0 Å². The van der Waals surface area contributed by atoms with Crippen LogP contribution in [-0.4, -0.2) is 24.8 Å². The molecule has 1 atom stereocenters. The van der Waals surface area contributed by atoms with Crippen molar-refractivity contribution >= 4 is 0 Å². The Bertz CT molecular complexity index is 467. The number of aromatic nitrogens is 5. The minimum absolute atomic E-state index is 0.101. The van der Waals surface area contributed by atoms with E-state index in [4.69, 9.17) is 5.73 Å². The Morgan fingerprint density at radius 2 is 2.20 bits per heavy atom. The average molecular weight is 206 g/mol. The van der Waals surface area contributed by atoms with Crippen molar-refractivity contribution in [2.45, 2.75) is 19.9 Å². The van der Waals surface area contributed by atoms with Gasteiger partial charge >= 0.3 is 0 Å². The lowest BCUT2D eigenvalue weighted by atomic mass is 10.2. The van der Waals surface area contributed by atoms with Crippen LogP contribution in [0.4, 0.5) is 0 Å². The van der Waals surface area contributed by atoms with Crippen molar-refractivity contribution in [3.05, 3.63) is 23.8 Å². The third-order valence-corrected chi connectivity index (χ3v) is 2.30. The number of rotatable bonds is 2. The predicted octanol–water partition coefficient (Wildman–Crippen LogP) is 0.329. The van der Waals surface area contributed by atoms with Gasteiger partial charge in [-0.1, -0.05) is 5.21 Å². The monoisotopic (exact) mass is 206 g/mol. The van der Waals surface area contributed by atoms with Crippen LogP contribution < -0.4 is 5.73 Å². The summed E-state index contributed by atoms with van der Waals surface area (Å²) in [4.78, 5) is 0. The molecule has 0 amide bonds. The second kappa shape index (κ2) is 3.47. The van der Waals surface area contributed by atoms with Gasteiger partial charge in [0.05, 0.1) is 18.1 Å². The fraction of sp³-hybridized carbons (Fsp3) is 0.444. The number of nitrogens with two attached hydrogens (primary N) is 1. The molecule has 0 saturated heterocycles. The van der Waals surface area contributed by atoms with E-state index in [0.29, 0.717) is 0 Å². The zero-order valence-corrected chi connectivity index (χ0v) is 9.05. The Balaban J connectivity index is 2.46. The molecule has 6 nitrogen and oxygen atoms in total. The van der Waals surface area contributed by atoms with Gasteiger partial charge in [-0.3, -0.25) is 4.68 Å². The first-order valence-electron chi connectivity index (χ1n) is 4.76. The van der Waals surface area contributed by atoms with Crippen LogP contribution in [0.25, 0.3) is 5.69 Å². The van der Waals surface area contributed by atoms with Crippen LogP contribution in [-0.2, 0) is 7.05 Å². The molecule has 0 saturated carbocycles. The van der Waals surface area contributed by atoms with Gasteiger partial charge in [0.15, 0.2) is 0 Å². The van der Waals surface area contributed by atoms with Crippen LogP contribution in [0.2, 0.25) is 0 Å². The highest BCUT2D eigenvalue weighted by molar-refractivity contribution is 5.28. The summed E-state index contributed by atoms with van der Waals surface area (Å²) in [5.41, 5.74) is 8.45. The van der Waals surface area contributed by atoms with Crippen molar-refractivity contribution < 1.29 is 0 Å². The third-order valence-electron chi connectivity index (χ3n) is 2.30. The molecule has 6 heteroatoms. The van der Waals surface area contributed by atoms with Gasteiger partial charge in [0.1, 0.15) is 11.4 Å². The van der Waals surface area contributed by atoms with Crippen LogP contribution in [0.3, 0.4) is 0 Å². The molecular formula is C9H14N6. The molecular weight excluding hydrogens is 192 g/mol. The summed E-state index contributed by atoms with van der Waals surface area (Å²) >= 11 is 0. The van der Waals surface area contributed by atoms with E-state index in [2.05, 4.69) is 15.4 Å². The van der Waals surface area contributed by atoms with Crippen LogP contribution in [0, 0.1) is 6.92 Å². The van der Waals surface area contributed by atoms with E-state index in [9.17, 15) is 0 Å². The predicted molar refractivity (Wildman–Crippen MR) is 55.5 cm³/mol. The van der Waals surface area contributed by atoms with E-state index in [1.165, 1.54) is 0 Å². The number of nitrogens with zero attached hydrogens (tertiary/aromatic N) is 5. The maximum Gasteiger partial charge on any atom is 0.105 e. The maximum atomic E-state index is 5.77. The summed E-state index contributed by atoms with van der Waals surface area (Å²) < 4.78 is 3.47. The second-order valence-corrected chi connectivity index (χ2v) is 3.63. The van der Waals surface area contributed by atoms with Gasteiger partial charge in [-0.25, -0.2) is 4.68 Å². The molecule has 2 aromatic rings. The van der Waals surface area contributed by atoms with Crippen molar-refractivity contribution in [1.29, 1.82) is 0 Å². The molecule has 2 aromatic heterocycles. The fourth-order valence-corrected chi connectivity index (χ4v) is 1.52. The lowest BCUT2D eigenvalue weighted by Gasteiger charge is -2.02. The molecule has 0 radical (unpaired) electrons. The number of aryl methyl sites for hydroxylation is 1. The van der Waals surface area contributed by atoms with Crippen molar-refractivity contribution in [1.82, 2.24) is 24.8 Å². The standard InChI is InChI=1S/C9H14N6/c1-6(10)9-7(2)15(13-12-9)8-4-11-14(3)5-8/h4-6H,10H2,1-3H3. The number of hydrogen-bond acceptors (Lipinski definition) is 4. The summed E-state index contributed by atoms with van der Waals surface area (Å²) in [5, 5.41) is 12.2. The minimum atomic E-state index is -0.101. The number of hydrogen-bond donors (Lipinski definition) is 1. The first-order chi connectivity index (χ1) is 7.09. The van der Waals surface area contributed by atoms with Gasteiger partial charge in [0.25, 0.3) is 0 Å². The largest absolute Gasteiger partial charge is 0.323 e. The summed E-state index contributed by atoms with van der Waals surface area (Å²) in [6.07, 6.45) is 3.62. The first-order valence-corrected chi connectivity index (χ1v) is 4.76. The third kappa shape index (κ3) is 1.63. The lowest BCUT2D eigenvalue weighted by Crippen LogP contribution is -2.07. The van der Waals surface area contributed by atoms with E-state index < -0.39 is 0 Å². The zero-order valence-electron chi connectivity index (χ0n) is 9.05. The normalized spacial score (nSPS) is 13.1. The second-order valence-electron chi connectivity index (χ2n) is 3.63. The Labute approximate surface area is 87.7 Å². The summed E-state index contributed by atoms with van der Waals surface area (Å²) in [7, 11) is 1.86. The topological polar surface area (TPSA) is 74.6 Å². The van der Waals surface area contributed by atoms with Crippen molar-refractivity contribution in [3.63, 3.8) is 0 Å². The van der Waals surface area contributed by atoms with Crippen LogP contribution in [0.15, 0.2) is 12.4 Å². The zero-order chi connectivity index (χ0) is 11.0. The molecule has 2 rings (SSSR count). The van der Waals surface area contributed by atoms with Crippen molar-refractivity contribution in [2.24, 2.45) is 12.8 Å². The van der Waals surface area contributed by atoms with Crippen molar-refractivity contribution in [3.8, 4) is 5.69 Å². The Morgan fingerprint density at radius 1 is 1.47 bits per heavy atom. The summed E-state index contributed by atoms with van der Waals surface area (Å²) in [6.45, 7) is 3.84. The molecule has 2 N–H and O–H groups in total. The fourth-order valence-electron chi connectivity index (χ4n) is 1.52. The van der Waals surface area contributed by atoms with E-state index in [0.717, 1.165) is 17.1 Å². The summed E-state index contributed by atoms with van der Waals surface area (Å²) in [5.74, 6) is 0.